The van der Waals surface area contributed by atoms with Gasteiger partial charge in [0.15, 0.2) is 0 Å². The Morgan fingerprint density at radius 3 is 2.22 bits per heavy atom. The van der Waals surface area contributed by atoms with E-state index >= 15 is 0 Å². The molecule has 0 saturated heterocycles. The molecule has 0 spiro atoms. The maximum Gasteiger partial charge on any atom is 0.143 e. The lowest BCUT2D eigenvalue weighted by Crippen LogP contribution is -1.82. The predicted octanol–water partition coefficient (Wildman–Crippen LogP) is 6.25. The zero-order valence-electron chi connectivity index (χ0n) is 12.1. The van der Waals surface area contributed by atoms with Crippen LogP contribution in [0, 0.1) is 0 Å². The summed E-state index contributed by atoms with van der Waals surface area (Å²) in [6.07, 6.45) is 0. The number of phenolic OH excluding ortho intramolecular Hbond substituents is 1. The number of halogens is 1. The van der Waals surface area contributed by atoms with E-state index in [1.54, 1.807) is 36.4 Å². The van der Waals surface area contributed by atoms with Crippen molar-refractivity contribution in [3.8, 4) is 17.2 Å². The van der Waals surface area contributed by atoms with Crippen molar-refractivity contribution in [1.29, 1.82) is 0 Å². The van der Waals surface area contributed by atoms with Crippen molar-refractivity contribution in [2.45, 2.75) is 0 Å². The van der Waals surface area contributed by atoms with E-state index in [-0.39, 0.29) is 5.75 Å². The van der Waals surface area contributed by atoms with E-state index in [0.29, 0.717) is 22.1 Å². The molecular formula is C18H13ClN2O2. The fraction of sp³-hybridized carbons (Fsp3) is 0. The first-order chi connectivity index (χ1) is 11.2. The zero-order chi connectivity index (χ0) is 16.1. The summed E-state index contributed by atoms with van der Waals surface area (Å²) in [6.45, 7) is 0. The minimum atomic E-state index is 0.0298. The second kappa shape index (κ2) is 6.94. The Labute approximate surface area is 138 Å². The van der Waals surface area contributed by atoms with Gasteiger partial charge in [0.2, 0.25) is 0 Å². The number of azo groups is 1. The summed E-state index contributed by atoms with van der Waals surface area (Å²) in [5.41, 5.74) is 0.965. The summed E-state index contributed by atoms with van der Waals surface area (Å²) >= 11 is 5.87. The molecule has 0 saturated carbocycles. The molecule has 0 aliphatic carbocycles. The molecule has 0 amide bonds. The third-order valence-corrected chi connectivity index (χ3v) is 3.26. The molecule has 0 heterocycles. The Bertz CT molecular complexity index is 818. The van der Waals surface area contributed by atoms with E-state index in [1.807, 2.05) is 30.3 Å². The van der Waals surface area contributed by atoms with Crippen molar-refractivity contribution in [2.24, 2.45) is 10.2 Å². The molecule has 4 nitrogen and oxygen atoms in total. The van der Waals surface area contributed by atoms with Crippen LogP contribution in [0.2, 0.25) is 5.02 Å². The number of benzene rings is 3. The van der Waals surface area contributed by atoms with Crippen LogP contribution in [-0.2, 0) is 0 Å². The number of aromatic hydroxyl groups is 1. The van der Waals surface area contributed by atoms with Gasteiger partial charge in [-0.05, 0) is 54.6 Å². The van der Waals surface area contributed by atoms with E-state index in [4.69, 9.17) is 16.3 Å². The van der Waals surface area contributed by atoms with Gasteiger partial charge in [-0.15, -0.1) is 5.11 Å². The quantitative estimate of drug-likeness (QED) is 0.576. The summed E-state index contributed by atoms with van der Waals surface area (Å²) in [4.78, 5) is 0. The van der Waals surface area contributed by atoms with E-state index in [9.17, 15) is 5.11 Å². The minimum absolute atomic E-state index is 0.0298. The van der Waals surface area contributed by atoms with Crippen LogP contribution in [0.4, 0.5) is 11.4 Å². The third-order valence-electron chi connectivity index (χ3n) is 3.03. The van der Waals surface area contributed by atoms with Crippen molar-refractivity contribution < 1.29 is 9.84 Å². The molecule has 114 valence electrons. The van der Waals surface area contributed by atoms with Crippen LogP contribution >= 0.6 is 11.6 Å². The van der Waals surface area contributed by atoms with E-state index in [1.165, 1.54) is 6.07 Å². The average Bonchev–Trinajstić information content (AvgIpc) is 2.58. The molecule has 0 fully saturated rings. The molecule has 23 heavy (non-hydrogen) atoms. The number of ether oxygens (including phenoxy) is 1. The highest BCUT2D eigenvalue weighted by molar-refractivity contribution is 6.30. The summed E-state index contributed by atoms with van der Waals surface area (Å²) in [6, 6.07) is 21.3. The van der Waals surface area contributed by atoms with Crippen molar-refractivity contribution >= 4 is 23.0 Å². The Morgan fingerprint density at radius 2 is 1.48 bits per heavy atom. The second-order valence-corrected chi connectivity index (χ2v) is 5.18. The average molecular weight is 325 g/mol. The first-order valence-electron chi connectivity index (χ1n) is 6.94. The summed E-state index contributed by atoms with van der Waals surface area (Å²) < 4.78 is 5.70. The Hall–Kier alpha value is -2.85. The SMILES string of the molecule is Oc1ccc(Cl)cc1N=Nc1ccc(Oc2ccccc2)cc1. The maximum absolute atomic E-state index is 9.69. The number of hydrogen-bond acceptors (Lipinski definition) is 4. The number of rotatable bonds is 4. The van der Waals surface area contributed by atoms with E-state index in [2.05, 4.69) is 10.2 Å². The van der Waals surface area contributed by atoms with Gasteiger partial charge in [0, 0.05) is 5.02 Å². The van der Waals surface area contributed by atoms with Gasteiger partial charge >= 0.3 is 0 Å². The van der Waals surface area contributed by atoms with Crippen molar-refractivity contribution in [3.63, 3.8) is 0 Å². The zero-order valence-corrected chi connectivity index (χ0v) is 12.8. The Balaban J connectivity index is 1.72. The van der Waals surface area contributed by atoms with Crippen LogP contribution in [-0.4, -0.2) is 5.11 Å². The second-order valence-electron chi connectivity index (χ2n) is 4.74. The number of phenols is 1. The van der Waals surface area contributed by atoms with Crippen LogP contribution in [0.25, 0.3) is 0 Å². The molecule has 3 aromatic rings. The van der Waals surface area contributed by atoms with Gasteiger partial charge in [0.05, 0.1) is 5.69 Å². The van der Waals surface area contributed by atoms with Crippen LogP contribution in [0.3, 0.4) is 0 Å². The summed E-state index contributed by atoms with van der Waals surface area (Å²) in [5.74, 6) is 1.51. The maximum atomic E-state index is 9.69. The van der Waals surface area contributed by atoms with Gasteiger partial charge < -0.3 is 9.84 Å². The Morgan fingerprint density at radius 1 is 0.783 bits per heavy atom. The topological polar surface area (TPSA) is 54.2 Å². The van der Waals surface area contributed by atoms with Crippen LogP contribution in [0.5, 0.6) is 17.2 Å². The molecule has 0 aromatic heterocycles. The lowest BCUT2D eigenvalue weighted by molar-refractivity contribution is 0.476. The van der Waals surface area contributed by atoms with Gasteiger partial charge in [-0.1, -0.05) is 29.8 Å². The van der Waals surface area contributed by atoms with Crippen molar-refractivity contribution in [3.05, 3.63) is 77.8 Å². The molecule has 3 rings (SSSR count). The summed E-state index contributed by atoms with van der Waals surface area (Å²) in [5, 5.41) is 18.3. The van der Waals surface area contributed by atoms with Gasteiger partial charge in [0.25, 0.3) is 0 Å². The van der Waals surface area contributed by atoms with Gasteiger partial charge in [0.1, 0.15) is 22.9 Å². The highest BCUT2D eigenvalue weighted by Gasteiger charge is 2.01. The number of para-hydroxylation sites is 1. The van der Waals surface area contributed by atoms with Crippen LogP contribution in [0.1, 0.15) is 0 Å². The molecule has 0 aliphatic rings. The molecule has 0 aliphatic heterocycles. The van der Waals surface area contributed by atoms with E-state index in [0.717, 1.165) is 5.75 Å². The minimum Gasteiger partial charge on any atom is -0.506 e. The fourth-order valence-electron chi connectivity index (χ4n) is 1.89. The normalized spacial score (nSPS) is 10.8. The smallest absolute Gasteiger partial charge is 0.143 e. The van der Waals surface area contributed by atoms with E-state index < -0.39 is 0 Å². The number of hydrogen-bond donors (Lipinski definition) is 1. The number of nitrogens with zero attached hydrogens (tertiary/aromatic N) is 2. The molecule has 0 atom stereocenters. The molecular weight excluding hydrogens is 312 g/mol. The Kier molecular flexibility index (Phi) is 4.54. The standard InChI is InChI=1S/C18H13ClN2O2/c19-13-6-11-18(22)17(12-13)21-20-14-7-9-16(10-8-14)23-15-4-2-1-3-5-15/h1-12,22H. The van der Waals surface area contributed by atoms with Crippen LogP contribution in [0.15, 0.2) is 83.0 Å². The first-order valence-corrected chi connectivity index (χ1v) is 7.32. The highest BCUT2D eigenvalue weighted by Crippen LogP contribution is 2.31. The van der Waals surface area contributed by atoms with Crippen molar-refractivity contribution in [1.82, 2.24) is 0 Å². The largest absolute Gasteiger partial charge is 0.506 e. The van der Waals surface area contributed by atoms with Gasteiger partial charge in [-0.2, -0.15) is 5.11 Å². The van der Waals surface area contributed by atoms with Gasteiger partial charge in [-0.3, -0.25) is 0 Å². The lowest BCUT2D eigenvalue weighted by atomic mass is 10.3. The van der Waals surface area contributed by atoms with Crippen molar-refractivity contribution in [2.75, 3.05) is 0 Å². The predicted molar refractivity (Wildman–Crippen MR) is 90.3 cm³/mol. The monoisotopic (exact) mass is 324 g/mol. The van der Waals surface area contributed by atoms with Gasteiger partial charge in [-0.25, -0.2) is 0 Å². The lowest BCUT2D eigenvalue weighted by Gasteiger charge is -2.05. The molecule has 3 aromatic carbocycles. The fourth-order valence-corrected chi connectivity index (χ4v) is 2.06. The molecule has 0 radical (unpaired) electrons. The third kappa shape index (κ3) is 4.08. The highest BCUT2D eigenvalue weighted by atomic mass is 35.5. The molecule has 1 N–H and O–H groups in total. The molecule has 5 heteroatoms. The first kappa shape index (κ1) is 15.1. The molecule has 0 unspecified atom stereocenters. The summed E-state index contributed by atoms with van der Waals surface area (Å²) in [7, 11) is 0. The van der Waals surface area contributed by atoms with Crippen LogP contribution < -0.4 is 4.74 Å². The molecule has 0 bridgehead atoms.